The van der Waals surface area contributed by atoms with E-state index >= 15 is 0 Å². The molecule has 0 spiro atoms. The summed E-state index contributed by atoms with van der Waals surface area (Å²) in [4.78, 5) is 11.1. The topological polar surface area (TPSA) is 26.3 Å². The maximum atomic E-state index is 11.1. The summed E-state index contributed by atoms with van der Waals surface area (Å²) in [6, 6.07) is 0. The maximum Gasteiger partial charge on any atom is 0.306 e. The highest BCUT2D eigenvalue weighted by atomic mass is 16.6. The number of ether oxygens (including phenoxy) is 1. The van der Waals surface area contributed by atoms with Gasteiger partial charge in [-0.05, 0) is 27.2 Å². The summed E-state index contributed by atoms with van der Waals surface area (Å²) in [6.07, 6.45) is 3.66. The van der Waals surface area contributed by atoms with Crippen LogP contribution in [0.2, 0.25) is 0 Å². The van der Waals surface area contributed by atoms with Gasteiger partial charge in [-0.15, -0.1) is 0 Å². The molecule has 0 atom stereocenters. The molecule has 0 saturated heterocycles. The lowest BCUT2D eigenvalue weighted by Gasteiger charge is -2.19. The molecule has 0 heterocycles. The van der Waals surface area contributed by atoms with Crippen molar-refractivity contribution in [2.75, 3.05) is 0 Å². The van der Waals surface area contributed by atoms with Crippen molar-refractivity contribution in [2.45, 2.75) is 52.1 Å². The van der Waals surface area contributed by atoms with Gasteiger partial charge in [-0.1, -0.05) is 19.8 Å². The highest BCUT2D eigenvalue weighted by Gasteiger charge is 2.15. The van der Waals surface area contributed by atoms with Crippen molar-refractivity contribution in [3.63, 3.8) is 0 Å². The van der Waals surface area contributed by atoms with Gasteiger partial charge in [0, 0.05) is 6.42 Å². The number of carbonyl (C=O) groups is 1. The number of esters is 1. The fraction of sp³-hybridized carbons (Fsp3) is 0.800. The van der Waals surface area contributed by atoms with Crippen LogP contribution in [0.15, 0.2) is 0 Å². The Morgan fingerprint density at radius 3 is 2.42 bits per heavy atom. The summed E-state index contributed by atoms with van der Waals surface area (Å²) in [5.74, 6) is -0.136. The molecule has 0 aliphatic heterocycles. The fourth-order valence-corrected chi connectivity index (χ4v) is 0.879. The Morgan fingerprint density at radius 1 is 1.42 bits per heavy atom. The molecule has 0 bridgehead atoms. The zero-order valence-electron chi connectivity index (χ0n) is 8.35. The predicted molar refractivity (Wildman–Crippen MR) is 49.7 cm³/mol. The number of carbonyl (C=O) groups excluding carboxylic acids is 1. The Balaban J connectivity index is 3.47. The van der Waals surface area contributed by atoms with Crippen molar-refractivity contribution in [1.29, 1.82) is 0 Å². The Morgan fingerprint density at radius 2 is 2.00 bits per heavy atom. The largest absolute Gasteiger partial charge is 0.460 e. The molecule has 0 aromatic heterocycles. The molecule has 0 N–H and O–H groups in total. The van der Waals surface area contributed by atoms with Gasteiger partial charge >= 0.3 is 5.97 Å². The summed E-state index contributed by atoms with van der Waals surface area (Å²) in [6.45, 7) is 9.37. The van der Waals surface area contributed by atoms with Crippen LogP contribution >= 0.6 is 0 Å². The van der Waals surface area contributed by atoms with Crippen LogP contribution in [0.3, 0.4) is 0 Å². The first-order valence-corrected chi connectivity index (χ1v) is 4.53. The highest BCUT2D eigenvalue weighted by Crippen LogP contribution is 2.09. The van der Waals surface area contributed by atoms with Gasteiger partial charge in [-0.25, -0.2) is 0 Å². The second kappa shape index (κ2) is 5.18. The molecule has 0 saturated carbocycles. The van der Waals surface area contributed by atoms with Crippen LogP contribution in [0.4, 0.5) is 0 Å². The minimum atomic E-state index is -0.580. The maximum absolute atomic E-state index is 11.1. The predicted octanol–water partition coefficient (Wildman–Crippen LogP) is 2.72. The van der Waals surface area contributed by atoms with E-state index in [9.17, 15) is 4.79 Å². The van der Waals surface area contributed by atoms with E-state index < -0.39 is 5.60 Å². The molecule has 0 amide bonds. The zero-order valence-corrected chi connectivity index (χ0v) is 8.35. The number of rotatable bonds is 5. The van der Waals surface area contributed by atoms with Crippen LogP contribution in [0.1, 0.15) is 46.5 Å². The second-order valence-electron chi connectivity index (χ2n) is 3.69. The van der Waals surface area contributed by atoms with Gasteiger partial charge in [-0.2, -0.15) is 0 Å². The molecular formula is C10H19O2. The van der Waals surface area contributed by atoms with Gasteiger partial charge in [0.2, 0.25) is 0 Å². The number of hydrogen-bond donors (Lipinski definition) is 0. The van der Waals surface area contributed by atoms with Crippen molar-refractivity contribution in [1.82, 2.24) is 0 Å². The lowest BCUT2D eigenvalue weighted by Crippen LogP contribution is -2.23. The molecule has 2 heteroatoms. The zero-order chi connectivity index (χ0) is 9.61. The van der Waals surface area contributed by atoms with E-state index in [1.54, 1.807) is 13.8 Å². The van der Waals surface area contributed by atoms with E-state index in [-0.39, 0.29) is 5.97 Å². The first-order chi connectivity index (χ1) is 5.45. The van der Waals surface area contributed by atoms with E-state index in [0.29, 0.717) is 6.42 Å². The average molecular weight is 171 g/mol. The number of unbranched alkanes of at least 4 members (excludes halogenated alkanes) is 2. The monoisotopic (exact) mass is 171 g/mol. The normalized spacial score (nSPS) is 11.3. The lowest BCUT2D eigenvalue weighted by molar-refractivity contribution is -0.152. The van der Waals surface area contributed by atoms with Gasteiger partial charge in [0.15, 0.2) is 0 Å². The Bertz CT molecular complexity index is 133. The summed E-state index contributed by atoms with van der Waals surface area (Å²) in [5.41, 5.74) is -0.580. The van der Waals surface area contributed by atoms with Crippen LogP contribution < -0.4 is 0 Å². The molecule has 12 heavy (non-hydrogen) atoms. The van der Waals surface area contributed by atoms with Crippen molar-refractivity contribution < 1.29 is 9.53 Å². The van der Waals surface area contributed by atoms with Crippen molar-refractivity contribution in [3.8, 4) is 0 Å². The molecular weight excluding hydrogens is 152 g/mol. The molecule has 0 aromatic carbocycles. The fourth-order valence-electron chi connectivity index (χ4n) is 0.879. The smallest absolute Gasteiger partial charge is 0.306 e. The van der Waals surface area contributed by atoms with Crippen LogP contribution in [0, 0.1) is 6.92 Å². The van der Waals surface area contributed by atoms with Crippen molar-refractivity contribution >= 4 is 5.97 Å². The van der Waals surface area contributed by atoms with E-state index in [1.165, 1.54) is 0 Å². The van der Waals surface area contributed by atoms with E-state index in [1.807, 2.05) is 0 Å². The molecule has 1 radical (unpaired) electrons. The van der Waals surface area contributed by atoms with Gasteiger partial charge in [0.05, 0.1) is 0 Å². The standard InChI is InChI=1S/C10H19O2/c1-5-6-7-8-9(11)12-10(2,3)4/h2,5-8H2,1,3-4H3. The van der Waals surface area contributed by atoms with Crippen LogP contribution in [-0.4, -0.2) is 11.6 Å². The van der Waals surface area contributed by atoms with Crippen molar-refractivity contribution in [3.05, 3.63) is 6.92 Å². The molecule has 0 unspecified atom stereocenters. The van der Waals surface area contributed by atoms with E-state index in [4.69, 9.17) is 4.74 Å². The van der Waals surface area contributed by atoms with Crippen LogP contribution in [-0.2, 0) is 9.53 Å². The first kappa shape index (κ1) is 11.5. The average Bonchev–Trinajstić information content (AvgIpc) is 1.84. The molecule has 0 aromatic rings. The van der Waals surface area contributed by atoms with Gasteiger partial charge < -0.3 is 4.74 Å². The van der Waals surface area contributed by atoms with Crippen LogP contribution in [0.25, 0.3) is 0 Å². The summed E-state index contributed by atoms with van der Waals surface area (Å²) in [5, 5.41) is 0. The molecule has 2 nitrogen and oxygen atoms in total. The van der Waals surface area contributed by atoms with E-state index in [0.717, 1.165) is 19.3 Å². The summed E-state index contributed by atoms with van der Waals surface area (Å²) in [7, 11) is 0. The Labute approximate surface area is 75.3 Å². The Kier molecular flexibility index (Phi) is 4.95. The first-order valence-electron chi connectivity index (χ1n) is 4.53. The molecule has 0 aliphatic rings. The minimum Gasteiger partial charge on any atom is -0.460 e. The third-order valence-corrected chi connectivity index (χ3v) is 1.37. The third kappa shape index (κ3) is 7.58. The summed E-state index contributed by atoms with van der Waals surface area (Å²) < 4.78 is 5.03. The lowest BCUT2D eigenvalue weighted by atomic mass is 10.2. The molecule has 0 aliphatic carbocycles. The summed E-state index contributed by atoms with van der Waals surface area (Å²) >= 11 is 0. The van der Waals surface area contributed by atoms with Crippen molar-refractivity contribution in [2.24, 2.45) is 0 Å². The van der Waals surface area contributed by atoms with Gasteiger partial charge in [0.25, 0.3) is 0 Å². The van der Waals surface area contributed by atoms with Gasteiger partial charge in [-0.3, -0.25) is 4.79 Å². The van der Waals surface area contributed by atoms with E-state index in [2.05, 4.69) is 13.8 Å². The molecule has 0 rings (SSSR count). The second-order valence-corrected chi connectivity index (χ2v) is 3.69. The SMILES string of the molecule is [CH2]C(C)(C)OC(=O)CCCCC. The highest BCUT2D eigenvalue weighted by molar-refractivity contribution is 5.69. The number of hydrogen-bond acceptors (Lipinski definition) is 2. The quantitative estimate of drug-likeness (QED) is 0.469. The Hall–Kier alpha value is -0.530. The van der Waals surface area contributed by atoms with Gasteiger partial charge in [0.1, 0.15) is 5.60 Å². The molecule has 71 valence electrons. The minimum absolute atomic E-state index is 0.136. The third-order valence-electron chi connectivity index (χ3n) is 1.37. The van der Waals surface area contributed by atoms with Crippen LogP contribution in [0.5, 0.6) is 0 Å². The molecule has 0 fully saturated rings.